The number of benzene rings is 2. The van der Waals surface area contributed by atoms with Crippen molar-refractivity contribution in [3.63, 3.8) is 0 Å². The summed E-state index contributed by atoms with van der Waals surface area (Å²) >= 11 is 1.73. The lowest BCUT2D eigenvalue weighted by Crippen LogP contribution is -2.45. The monoisotopic (exact) mass is 391 g/mol. The SMILES string of the molecule is C=CCN(C(=O)c1ccc2c(c1)Nc1ccccc1S2)C(C)CN1CC=CC1. The molecular weight excluding hydrogens is 366 g/mol. The van der Waals surface area contributed by atoms with Crippen molar-refractivity contribution in [2.45, 2.75) is 22.8 Å². The van der Waals surface area contributed by atoms with Crippen LogP contribution in [0.1, 0.15) is 17.3 Å². The molecule has 28 heavy (non-hydrogen) atoms. The zero-order valence-corrected chi connectivity index (χ0v) is 16.9. The number of fused-ring (bicyclic) bond motifs is 2. The highest BCUT2D eigenvalue weighted by Crippen LogP contribution is 2.44. The fourth-order valence-electron chi connectivity index (χ4n) is 3.68. The highest BCUT2D eigenvalue weighted by atomic mass is 32.2. The van der Waals surface area contributed by atoms with Gasteiger partial charge in [-0.15, -0.1) is 6.58 Å². The normalized spacial score (nSPS) is 16.0. The van der Waals surface area contributed by atoms with Crippen molar-refractivity contribution in [3.05, 3.63) is 72.8 Å². The number of anilines is 2. The number of nitrogens with one attached hydrogen (secondary N) is 1. The molecule has 0 aromatic heterocycles. The minimum Gasteiger partial charge on any atom is -0.354 e. The van der Waals surface area contributed by atoms with Crippen molar-refractivity contribution >= 4 is 29.0 Å². The van der Waals surface area contributed by atoms with E-state index in [1.807, 2.05) is 35.2 Å². The second-order valence-electron chi connectivity index (χ2n) is 7.22. The molecule has 0 aliphatic carbocycles. The molecule has 4 rings (SSSR count). The first-order valence-corrected chi connectivity index (χ1v) is 10.4. The van der Waals surface area contributed by atoms with E-state index in [1.165, 1.54) is 4.90 Å². The number of hydrogen-bond acceptors (Lipinski definition) is 4. The van der Waals surface area contributed by atoms with Crippen LogP contribution in [0.4, 0.5) is 11.4 Å². The van der Waals surface area contributed by atoms with Gasteiger partial charge in [0, 0.05) is 47.6 Å². The zero-order valence-electron chi connectivity index (χ0n) is 16.1. The van der Waals surface area contributed by atoms with Crippen LogP contribution in [0.2, 0.25) is 0 Å². The van der Waals surface area contributed by atoms with E-state index < -0.39 is 0 Å². The molecule has 0 saturated heterocycles. The smallest absolute Gasteiger partial charge is 0.254 e. The number of carbonyl (C=O) groups is 1. The Bertz CT molecular complexity index is 916. The first-order valence-electron chi connectivity index (χ1n) is 9.63. The van der Waals surface area contributed by atoms with Gasteiger partial charge >= 0.3 is 0 Å². The van der Waals surface area contributed by atoms with Crippen molar-refractivity contribution in [2.75, 3.05) is 31.5 Å². The standard InChI is InChI=1S/C23H25N3OS/c1-3-12-26(17(2)16-25-13-6-7-14-25)23(27)18-10-11-22-20(15-18)24-19-8-4-5-9-21(19)28-22/h3-11,15,17,24H,1,12-14,16H2,2H3. The average Bonchev–Trinajstić information content (AvgIpc) is 3.22. The summed E-state index contributed by atoms with van der Waals surface area (Å²) in [5.41, 5.74) is 2.78. The molecule has 2 aromatic carbocycles. The largest absolute Gasteiger partial charge is 0.354 e. The number of rotatable bonds is 6. The second-order valence-corrected chi connectivity index (χ2v) is 8.30. The predicted molar refractivity (Wildman–Crippen MR) is 117 cm³/mol. The maximum absolute atomic E-state index is 13.3. The van der Waals surface area contributed by atoms with Crippen LogP contribution in [0.3, 0.4) is 0 Å². The Kier molecular flexibility index (Phi) is 5.55. The van der Waals surface area contributed by atoms with Crippen LogP contribution >= 0.6 is 11.8 Å². The van der Waals surface area contributed by atoms with E-state index >= 15 is 0 Å². The lowest BCUT2D eigenvalue weighted by Gasteiger charge is -2.31. The van der Waals surface area contributed by atoms with Gasteiger partial charge in [0.1, 0.15) is 0 Å². The van der Waals surface area contributed by atoms with E-state index in [0.29, 0.717) is 12.1 Å². The van der Waals surface area contributed by atoms with Crippen LogP contribution < -0.4 is 5.32 Å². The van der Waals surface area contributed by atoms with Crippen molar-refractivity contribution in [1.82, 2.24) is 9.80 Å². The summed E-state index contributed by atoms with van der Waals surface area (Å²) in [5, 5.41) is 3.47. The summed E-state index contributed by atoms with van der Waals surface area (Å²) < 4.78 is 0. The Hall–Kier alpha value is -2.50. The third-order valence-corrected chi connectivity index (χ3v) is 6.29. The topological polar surface area (TPSA) is 35.6 Å². The molecule has 2 aliphatic heterocycles. The van der Waals surface area contributed by atoms with E-state index in [0.717, 1.165) is 35.9 Å². The first-order chi connectivity index (χ1) is 13.7. The molecule has 144 valence electrons. The summed E-state index contributed by atoms with van der Waals surface area (Å²) in [7, 11) is 0. The molecule has 0 fully saturated rings. The van der Waals surface area contributed by atoms with Gasteiger partial charge in [0.05, 0.1) is 11.4 Å². The first kappa shape index (κ1) is 18.8. The molecule has 2 aromatic rings. The van der Waals surface area contributed by atoms with Gasteiger partial charge in [-0.1, -0.05) is 42.1 Å². The van der Waals surface area contributed by atoms with E-state index in [-0.39, 0.29) is 11.9 Å². The van der Waals surface area contributed by atoms with Gasteiger partial charge in [0.15, 0.2) is 0 Å². The van der Waals surface area contributed by atoms with Crippen molar-refractivity contribution in [1.29, 1.82) is 0 Å². The average molecular weight is 392 g/mol. The molecule has 0 saturated carbocycles. The predicted octanol–water partition coefficient (Wildman–Crippen LogP) is 4.78. The molecule has 2 aliphatic rings. The number of nitrogens with zero attached hydrogens (tertiary/aromatic N) is 2. The summed E-state index contributed by atoms with van der Waals surface area (Å²) in [6.07, 6.45) is 6.16. The van der Waals surface area contributed by atoms with Crippen LogP contribution in [0.25, 0.3) is 0 Å². The number of hydrogen-bond donors (Lipinski definition) is 1. The third-order valence-electron chi connectivity index (χ3n) is 5.14. The molecular formula is C23H25N3OS. The van der Waals surface area contributed by atoms with Gasteiger partial charge in [0.2, 0.25) is 0 Å². The zero-order chi connectivity index (χ0) is 19.5. The Morgan fingerprint density at radius 1 is 1.21 bits per heavy atom. The molecule has 2 heterocycles. The number of amides is 1. The Balaban J connectivity index is 1.53. The van der Waals surface area contributed by atoms with Gasteiger partial charge in [0.25, 0.3) is 5.91 Å². The fourth-order valence-corrected chi connectivity index (χ4v) is 4.65. The van der Waals surface area contributed by atoms with E-state index in [1.54, 1.807) is 17.8 Å². The maximum atomic E-state index is 13.3. The molecule has 5 heteroatoms. The van der Waals surface area contributed by atoms with Crippen LogP contribution in [-0.4, -0.2) is 47.9 Å². The van der Waals surface area contributed by atoms with Crippen LogP contribution in [-0.2, 0) is 0 Å². The van der Waals surface area contributed by atoms with Crippen LogP contribution in [0.15, 0.2) is 77.1 Å². The lowest BCUT2D eigenvalue weighted by atomic mass is 10.1. The van der Waals surface area contributed by atoms with Gasteiger partial charge in [-0.05, 0) is 37.3 Å². The lowest BCUT2D eigenvalue weighted by molar-refractivity contribution is 0.0685. The van der Waals surface area contributed by atoms with E-state index in [2.05, 4.69) is 48.0 Å². The van der Waals surface area contributed by atoms with Crippen LogP contribution in [0.5, 0.6) is 0 Å². The molecule has 1 N–H and O–H groups in total. The Morgan fingerprint density at radius 3 is 2.75 bits per heavy atom. The van der Waals surface area contributed by atoms with E-state index in [9.17, 15) is 4.79 Å². The minimum absolute atomic E-state index is 0.0491. The highest BCUT2D eigenvalue weighted by Gasteiger charge is 2.24. The Labute approximate surface area is 170 Å². The van der Waals surface area contributed by atoms with Gasteiger partial charge in [-0.2, -0.15) is 0 Å². The quantitative estimate of drug-likeness (QED) is 0.613. The minimum atomic E-state index is 0.0491. The number of para-hydroxylation sites is 1. The molecule has 1 amide bonds. The molecule has 4 nitrogen and oxygen atoms in total. The summed E-state index contributed by atoms with van der Waals surface area (Å²) in [5.74, 6) is 0.0491. The van der Waals surface area contributed by atoms with E-state index in [4.69, 9.17) is 0 Å². The second kappa shape index (κ2) is 8.25. The summed E-state index contributed by atoms with van der Waals surface area (Å²) in [6, 6.07) is 14.3. The molecule has 1 atom stereocenters. The maximum Gasteiger partial charge on any atom is 0.254 e. The summed E-state index contributed by atoms with van der Waals surface area (Å²) in [4.78, 5) is 19.9. The van der Waals surface area contributed by atoms with Gasteiger partial charge in [-0.25, -0.2) is 0 Å². The van der Waals surface area contributed by atoms with Crippen LogP contribution in [0, 0.1) is 0 Å². The highest BCUT2D eigenvalue weighted by molar-refractivity contribution is 7.99. The van der Waals surface area contributed by atoms with Gasteiger partial charge in [-0.3, -0.25) is 9.69 Å². The number of carbonyl (C=O) groups excluding carboxylic acids is 1. The molecule has 0 radical (unpaired) electrons. The van der Waals surface area contributed by atoms with Gasteiger partial charge < -0.3 is 10.2 Å². The fraction of sp³-hybridized carbons (Fsp3) is 0.261. The van der Waals surface area contributed by atoms with Crippen molar-refractivity contribution in [2.24, 2.45) is 0 Å². The Morgan fingerprint density at radius 2 is 1.96 bits per heavy atom. The van der Waals surface area contributed by atoms with Crippen molar-refractivity contribution in [3.8, 4) is 0 Å². The molecule has 1 unspecified atom stereocenters. The third kappa shape index (κ3) is 3.86. The summed E-state index contributed by atoms with van der Waals surface area (Å²) in [6.45, 7) is 9.29. The van der Waals surface area contributed by atoms with Crippen molar-refractivity contribution < 1.29 is 4.79 Å². The molecule has 0 bridgehead atoms. The molecule has 0 spiro atoms.